The molecule has 1 aliphatic carbocycles. The molecule has 1 saturated carbocycles. The molecule has 0 aliphatic heterocycles. The van der Waals surface area contributed by atoms with Gasteiger partial charge in [-0.3, -0.25) is 0 Å². The van der Waals surface area contributed by atoms with Gasteiger partial charge in [-0.1, -0.05) is 19.3 Å². The minimum absolute atomic E-state index is 0.490. The molecule has 0 spiro atoms. The van der Waals surface area contributed by atoms with E-state index in [0.717, 1.165) is 19.0 Å². The first-order valence-electron chi connectivity index (χ1n) is 5.86. The number of guanidine groups is 1. The van der Waals surface area contributed by atoms with E-state index in [-0.39, 0.29) is 0 Å². The van der Waals surface area contributed by atoms with Crippen molar-refractivity contribution >= 4 is 5.96 Å². The van der Waals surface area contributed by atoms with E-state index in [0.29, 0.717) is 6.04 Å². The van der Waals surface area contributed by atoms with Crippen LogP contribution < -0.4 is 5.73 Å². The van der Waals surface area contributed by atoms with Gasteiger partial charge in [0, 0.05) is 13.1 Å². The Hall–Kier alpha value is -0.730. The maximum atomic E-state index is 5.95. The van der Waals surface area contributed by atoms with Gasteiger partial charge in [-0.15, -0.1) is 0 Å². The number of nitrogens with zero attached hydrogens (tertiary/aromatic N) is 2. The molecule has 0 aromatic rings. The Kier molecular flexibility index (Phi) is 4.77. The fourth-order valence-electron chi connectivity index (χ4n) is 2.03. The summed E-state index contributed by atoms with van der Waals surface area (Å²) >= 11 is 0. The van der Waals surface area contributed by atoms with Crippen LogP contribution in [0.25, 0.3) is 0 Å². The van der Waals surface area contributed by atoms with Crippen LogP contribution >= 0.6 is 0 Å². The van der Waals surface area contributed by atoms with Crippen LogP contribution in [-0.4, -0.2) is 30.0 Å². The predicted molar refractivity (Wildman–Crippen MR) is 61.4 cm³/mol. The molecule has 82 valence electrons. The Bertz CT molecular complexity index is 179. The topological polar surface area (TPSA) is 41.6 Å². The molecule has 0 aromatic carbocycles. The molecule has 1 aliphatic rings. The van der Waals surface area contributed by atoms with E-state index >= 15 is 0 Å². The van der Waals surface area contributed by atoms with Crippen LogP contribution in [-0.2, 0) is 0 Å². The van der Waals surface area contributed by atoms with Crippen molar-refractivity contribution in [2.24, 2.45) is 10.7 Å². The molecular formula is C11H23N3. The van der Waals surface area contributed by atoms with Crippen LogP contribution in [0.1, 0.15) is 46.0 Å². The highest BCUT2D eigenvalue weighted by Crippen LogP contribution is 2.20. The molecule has 0 amide bonds. The first-order chi connectivity index (χ1) is 6.77. The Balaban J connectivity index is 2.47. The zero-order valence-corrected chi connectivity index (χ0v) is 9.50. The molecule has 1 fully saturated rings. The summed E-state index contributed by atoms with van der Waals surface area (Å²) in [5.41, 5.74) is 5.95. The molecule has 0 atom stereocenters. The van der Waals surface area contributed by atoms with Gasteiger partial charge >= 0.3 is 0 Å². The van der Waals surface area contributed by atoms with Gasteiger partial charge in [0.2, 0.25) is 0 Å². The zero-order valence-electron chi connectivity index (χ0n) is 9.50. The third-order valence-corrected chi connectivity index (χ3v) is 2.98. The predicted octanol–water partition coefficient (Wildman–Crippen LogP) is 1.98. The Morgan fingerprint density at radius 3 is 2.29 bits per heavy atom. The standard InChI is InChI=1S/C11H23N3/c1-3-14(4-2)11(12)13-10-8-6-5-7-9-10/h10H,3-9H2,1-2H3,(H2,12,13). The minimum Gasteiger partial charge on any atom is -0.370 e. The third-order valence-electron chi connectivity index (χ3n) is 2.98. The van der Waals surface area contributed by atoms with Gasteiger partial charge in [-0.2, -0.15) is 0 Å². The van der Waals surface area contributed by atoms with Crippen LogP contribution in [0.3, 0.4) is 0 Å². The quantitative estimate of drug-likeness (QED) is 0.555. The fourth-order valence-corrected chi connectivity index (χ4v) is 2.03. The van der Waals surface area contributed by atoms with Gasteiger partial charge in [0.05, 0.1) is 6.04 Å². The lowest BCUT2D eigenvalue weighted by Crippen LogP contribution is -2.38. The molecule has 3 nitrogen and oxygen atoms in total. The van der Waals surface area contributed by atoms with Crippen molar-refractivity contribution in [3.8, 4) is 0 Å². The lowest BCUT2D eigenvalue weighted by atomic mass is 9.96. The zero-order chi connectivity index (χ0) is 10.4. The van der Waals surface area contributed by atoms with Crippen molar-refractivity contribution < 1.29 is 0 Å². The van der Waals surface area contributed by atoms with E-state index in [9.17, 15) is 0 Å². The third kappa shape index (κ3) is 3.20. The average Bonchev–Trinajstić information content (AvgIpc) is 2.21. The maximum absolute atomic E-state index is 5.95. The number of hydrogen-bond donors (Lipinski definition) is 1. The Labute approximate surface area is 87.4 Å². The molecule has 1 rings (SSSR count). The fraction of sp³-hybridized carbons (Fsp3) is 0.909. The van der Waals surface area contributed by atoms with E-state index in [2.05, 4.69) is 23.7 Å². The normalized spacial score (nSPS) is 19.7. The van der Waals surface area contributed by atoms with Gasteiger partial charge in [0.25, 0.3) is 0 Å². The van der Waals surface area contributed by atoms with Crippen molar-refractivity contribution in [1.82, 2.24) is 4.90 Å². The second-order valence-corrected chi connectivity index (χ2v) is 3.95. The van der Waals surface area contributed by atoms with E-state index in [4.69, 9.17) is 5.73 Å². The molecule has 0 unspecified atom stereocenters. The summed E-state index contributed by atoms with van der Waals surface area (Å²) in [5, 5.41) is 0. The van der Waals surface area contributed by atoms with Crippen molar-refractivity contribution in [3.05, 3.63) is 0 Å². The van der Waals surface area contributed by atoms with Crippen molar-refractivity contribution in [2.45, 2.75) is 52.0 Å². The van der Waals surface area contributed by atoms with Gasteiger partial charge in [-0.05, 0) is 26.7 Å². The van der Waals surface area contributed by atoms with Crippen LogP contribution in [0.15, 0.2) is 4.99 Å². The van der Waals surface area contributed by atoms with Crippen molar-refractivity contribution in [1.29, 1.82) is 0 Å². The SMILES string of the molecule is CCN(CC)C(N)=NC1CCCCC1. The van der Waals surface area contributed by atoms with E-state index in [1.54, 1.807) is 0 Å². The average molecular weight is 197 g/mol. The molecule has 0 bridgehead atoms. The highest BCUT2D eigenvalue weighted by atomic mass is 15.2. The van der Waals surface area contributed by atoms with E-state index < -0.39 is 0 Å². The Morgan fingerprint density at radius 1 is 1.21 bits per heavy atom. The minimum atomic E-state index is 0.490. The van der Waals surface area contributed by atoms with Crippen molar-refractivity contribution in [2.75, 3.05) is 13.1 Å². The van der Waals surface area contributed by atoms with E-state index in [1.807, 2.05) is 0 Å². The maximum Gasteiger partial charge on any atom is 0.191 e. The highest BCUT2D eigenvalue weighted by molar-refractivity contribution is 5.78. The van der Waals surface area contributed by atoms with Gasteiger partial charge in [-0.25, -0.2) is 4.99 Å². The van der Waals surface area contributed by atoms with E-state index in [1.165, 1.54) is 32.1 Å². The molecule has 3 heteroatoms. The summed E-state index contributed by atoms with van der Waals surface area (Å²) in [6, 6.07) is 0.490. The summed E-state index contributed by atoms with van der Waals surface area (Å²) in [6.07, 6.45) is 6.46. The van der Waals surface area contributed by atoms with Crippen LogP contribution in [0.4, 0.5) is 0 Å². The monoisotopic (exact) mass is 197 g/mol. The molecule has 14 heavy (non-hydrogen) atoms. The number of rotatable bonds is 3. The molecule has 0 radical (unpaired) electrons. The van der Waals surface area contributed by atoms with Gasteiger partial charge in [0.15, 0.2) is 5.96 Å². The van der Waals surface area contributed by atoms with Crippen LogP contribution in [0.5, 0.6) is 0 Å². The van der Waals surface area contributed by atoms with Crippen LogP contribution in [0.2, 0.25) is 0 Å². The lowest BCUT2D eigenvalue weighted by Gasteiger charge is -2.23. The first-order valence-corrected chi connectivity index (χ1v) is 5.86. The summed E-state index contributed by atoms with van der Waals surface area (Å²) in [5.74, 6) is 0.738. The second kappa shape index (κ2) is 5.89. The summed E-state index contributed by atoms with van der Waals surface area (Å²) < 4.78 is 0. The Morgan fingerprint density at radius 2 is 1.79 bits per heavy atom. The van der Waals surface area contributed by atoms with Crippen molar-refractivity contribution in [3.63, 3.8) is 0 Å². The van der Waals surface area contributed by atoms with Gasteiger partial charge < -0.3 is 10.6 Å². The molecule has 0 saturated heterocycles. The second-order valence-electron chi connectivity index (χ2n) is 3.95. The highest BCUT2D eigenvalue weighted by Gasteiger charge is 2.13. The van der Waals surface area contributed by atoms with Gasteiger partial charge in [0.1, 0.15) is 0 Å². The summed E-state index contributed by atoms with van der Waals surface area (Å²) in [6.45, 7) is 6.15. The van der Waals surface area contributed by atoms with Crippen LogP contribution in [0, 0.1) is 0 Å². The molecule has 0 heterocycles. The largest absolute Gasteiger partial charge is 0.370 e. The number of hydrogen-bond acceptors (Lipinski definition) is 1. The smallest absolute Gasteiger partial charge is 0.191 e. The number of nitrogens with two attached hydrogens (primary N) is 1. The molecular weight excluding hydrogens is 174 g/mol. The lowest BCUT2D eigenvalue weighted by molar-refractivity contribution is 0.420. The summed E-state index contributed by atoms with van der Waals surface area (Å²) in [4.78, 5) is 6.72. The first kappa shape index (κ1) is 11.3. The number of aliphatic imine (C=N–C) groups is 1. The summed E-state index contributed by atoms with van der Waals surface area (Å²) in [7, 11) is 0. The molecule has 2 N–H and O–H groups in total. The molecule has 0 aromatic heterocycles.